The van der Waals surface area contributed by atoms with Gasteiger partial charge in [0.25, 0.3) is 0 Å². The van der Waals surface area contributed by atoms with E-state index in [1.54, 1.807) is 6.07 Å². The quantitative estimate of drug-likeness (QED) is 0.823. The van der Waals surface area contributed by atoms with Gasteiger partial charge in [-0.05, 0) is 42.0 Å². The van der Waals surface area contributed by atoms with Crippen molar-refractivity contribution in [3.63, 3.8) is 0 Å². The number of aromatic hydroxyl groups is 1. The number of hydrogen-bond acceptors (Lipinski definition) is 1. The van der Waals surface area contributed by atoms with Crippen molar-refractivity contribution in [3.05, 3.63) is 72.6 Å². The highest BCUT2D eigenvalue weighted by molar-refractivity contribution is 5.31. The minimum absolute atomic E-state index is 0.342. The van der Waals surface area contributed by atoms with E-state index >= 15 is 0 Å². The molecule has 0 fully saturated rings. The second-order valence-electron chi connectivity index (χ2n) is 4.62. The first-order chi connectivity index (χ1) is 8.79. The summed E-state index contributed by atoms with van der Waals surface area (Å²) in [5.41, 5.74) is 2.53. The molecule has 0 heterocycles. The highest BCUT2D eigenvalue weighted by atomic mass is 16.3. The van der Waals surface area contributed by atoms with Crippen LogP contribution in [0, 0.1) is 6.92 Å². The second-order valence-corrected chi connectivity index (χ2v) is 4.62. The van der Waals surface area contributed by atoms with E-state index in [9.17, 15) is 5.11 Å². The molecule has 0 amide bonds. The third-order valence-electron chi connectivity index (χ3n) is 3.22. The summed E-state index contributed by atoms with van der Waals surface area (Å²) in [6, 6.07) is 18.1. The topological polar surface area (TPSA) is 20.2 Å². The first kappa shape index (κ1) is 12.7. The summed E-state index contributed by atoms with van der Waals surface area (Å²) in [4.78, 5) is 0. The van der Waals surface area contributed by atoms with Crippen LogP contribution in [0.4, 0.5) is 0 Å². The van der Waals surface area contributed by atoms with Gasteiger partial charge in [-0.2, -0.15) is 0 Å². The first-order valence-corrected chi connectivity index (χ1v) is 6.41. The van der Waals surface area contributed by atoms with Crippen LogP contribution in [0.25, 0.3) is 0 Å². The summed E-state index contributed by atoms with van der Waals surface area (Å²) in [6.07, 6.45) is 2.95. The molecule has 0 saturated carbocycles. The minimum Gasteiger partial charge on any atom is -0.508 e. The lowest BCUT2D eigenvalue weighted by atomic mass is 9.88. The maximum absolute atomic E-state index is 9.58. The maximum Gasteiger partial charge on any atom is 0.115 e. The fourth-order valence-corrected chi connectivity index (χ4v) is 2.31. The second kappa shape index (κ2) is 6.25. The van der Waals surface area contributed by atoms with Crippen molar-refractivity contribution in [2.45, 2.75) is 25.2 Å². The van der Waals surface area contributed by atoms with E-state index in [1.165, 1.54) is 11.1 Å². The predicted octanol–water partition coefficient (Wildman–Crippen LogP) is 4.33. The molecular weight excluding hydrogens is 220 g/mol. The van der Waals surface area contributed by atoms with Crippen LogP contribution in [0.15, 0.2) is 54.6 Å². The van der Waals surface area contributed by atoms with Gasteiger partial charge in [-0.15, -0.1) is 0 Å². The average Bonchev–Trinajstić information content (AvgIpc) is 2.39. The summed E-state index contributed by atoms with van der Waals surface area (Å²) in [5, 5.41) is 9.58. The van der Waals surface area contributed by atoms with Crippen molar-refractivity contribution < 1.29 is 5.11 Å². The van der Waals surface area contributed by atoms with Gasteiger partial charge in [0.2, 0.25) is 0 Å². The third kappa shape index (κ3) is 3.36. The van der Waals surface area contributed by atoms with E-state index < -0.39 is 0 Å². The number of phenols is 1. The SMILES string of the molecule is [CH2]CCC(Cc1ccccc1)c1cccc(O)c1. The Hall–Kier alpha value is -1.76. The highest BCUT2D eigenvalue weighted by Crippen LogP contribution is 2.27. The number of phenolic OH excluding ortho intramolecular Hbond substituents is 1. The normalized spacial score (nSPS) is 12.3. The lowest BCUT2D eigenvalue weighted by Crippen LogP contribution is -2.02. The molecule has 0 spiro atoms. The Balaban J connectivity index is 2.18. The van der Waals surface area contributed by atoms with Crippen molar-refractivity contribution >= 4 is 0 Å². The molecule has 0 bridgehead atoms. The largest absolute Gasteiger partial charge is 0.508 e. The van der Waals surface area contributed by atoms with Gasteiger partial charge in [-0.1, -0.05) is 55.8 Å². The van der Waals surface area contributed by atoms with Crippen LogP contribution in [0.1, 0.15) is 29.9 Å². The molecular formula is C17H19O. The highest BCUT2D eigenvalue weighted by Gasteiger charge is 2.11. The van der Waals surface area contributed by atoms with Crippen LogP contribution in [-0.2, 0) is 6.42 Å². The van der Waals surface area contributed by atoms with Crippen LogP contribution in [0.3, 0.4) is 0 Å². The van der Waals surface area contributed by atoms with Crippen LogP contribution in [-0.4, -0.2) is 5.11 Å². The molecule has 0 saturated heterocycles. The van der Waals surface area contributed by atoms with Crippen molar-refractivity contribution in [2.24, 2.45) is 0 Å². The molecule has 1 unspecified atom stereocenters. The van der Waals surface area contributed by atoms with E-state index in [4.69, 9.17) is 0 Å². The lowest BCUT2D eigenvalue weighted by molar-refractivity contribution is 0.473. The van der Waals surface area contributed by atoms with E-state index in [1.807, 2.05) is 18.2 Å². The van der Waals surface area contributed by atoms with Gasteiger partial charge in [0.1, 0.15) is 5.75 Å². The predicted molar refractivity (Wildman–Crippen MR) is 75.6 cm³/mol. The fraction of sp³-hybridized carbons (Fsp3) is 0.235. The Labute approximate surface area is 109 Å². The van der Waals surface area contributed by atoms with Gasteiger partial charge in [-0.25, -0.2) is 0 Å². The van der Waals surface area contributed by atoms with Gasteiger partial charge >= 0.3 is 0 Å². The molecule has 0 aliphatic rings. The Morgan fingerprint density at radius 1 is 1.00 bits per heavy atom. The van der Waals surface area contributed by atoms with Crippen molar-refractivity contribution in [1.82, 2.24) is 0 Å². The monoisotopic (exact) mass is 239 g/mol. The van der Waals surface area contributed by atoms with E-state index in [2.05, 4.69) is 37.3 Å². The van der Waals surface area contributed by atoms with Crippen LogP contribution in [0.5, 0.6) is 5.75 Å². The van der Waals surface area contributed by atoms with Gasteiger partial charge in [-0.3, -0.25) is 0 Å². The molecule has 0 aromatic heterocycles. The minimum atomic E-state index is 0.342. The molecule has 0 aliphatic carbocycles. The standard InChI is InChI=1S/C17H19O/c1-2-7-15(12-14-8-4-3-5-9-14)16-10-6-11-17(18)13-16/h3-6,8-11,13,15,18H,1-2,7,12H2. The molecule has 1 nitrogen and oxygen atoms in total. The van der Waals surface area contributed by atoms with E-state index in [0.717, 1.165) is 19.3 Å². The zero-order chi connectivity index (χ0) is 12.8. The Morgan fingerprint density at radius 3 is 2.44 bits per heavy atom. The zero-order valence-electron chi connectivity index (χ0n) is 10.5. The molecule has 2 aromatic carbocycles. The van der Waals surface area contributed by atoms with Crippen molar-refractivity contribution in [1.29, 1.82) is 0 Å². The van der Waals surface area contributed by atoms with Gasteiger partial charge in [0.15, 0.2) is 0 Å². The third-order valence-corrected chi connectivity index (χ3v) is 3.22. The number of benzene rings is 2. The Kier molecular flexibility index (Phi) is 4.40. The van der Waals surface area contributed by atoms with E-state index in [-0.39, 0.29) is 0 Å². The molecule has 2 rings (SSSR count). The van der Waals surface area contributed by atoms with E-state index in [0.29, 0.717) is 11.7 Å². The summed E-state index contributed by atoms with van der Waals surface area (Å²) < 4.78 is 0. The van der Waals surface area contributed by atoms with Crippen LogP contribution >= 0.6 is 0 Å². The molecule has 1 heteroatoms. The smallest absolute Gasteiger partial charge is 0.115 e. The molecule has 93 valence electrons. The lowest BCUT2D eigenvalue weighted by Gasteiger charge is -2.17. The molecule has 18 heavy (non-hydrogen) atoms. The first-order valence-electron chi connectivity index (χ1n) is 6.41. The van der Waals surface area contributed by atoms with Crippen molar-refractivity contribution in [3.8, 4) is 5.75 Å². The summed E-state index contributed by atoms with van der Waals surface area (Å²) in [7, 11) is 0. The van der Waals surface area contributed by atoms with Crippen molar-refractivity contribution in [2.75, 3.05) is 0 Å². The Morgan fingerprint density at radius 2 is 1.78 bits per heavy atom. The summed E-state index contributed by atoms with van der Waals surface area (Å²) in [5.74, 6) is 0.770. The van der Waals surface area contributed by atoms with Crippen LogP contribution in [0.2, 0.25) is 0 Å². The molecule has 0 aliphatic heterocycles. The fourth-order valence-electron chi connectivity index (χ4n) is 2.31. The maximum atomic E-state index is 9.58. The number of hydrogen-bond donors (Lipinski definition) is 1. The summed E-state index contributed by atoms with van der Waals surface area (Å²) >= 11 is 0. The molecule has 1 atom stereocenters. The summed E-state index contributed by atoms with van der Waals surface area (Å²) in [6.45, 7) is 3.95. The molecule has 1 radical (unpaired) electrons. The zero-order valence-corrected chi connectivity index (χ0v) is 10.5. The Bertz CT molecular complexity index is 476. The van der Waals surface area contributed by atoms with Gasteiger partial charge < -0.3 is 5.11 Å². The average molecular weight is 239 g/mol. The van der Waals surface area contributed by atoms with Gasteiger partial charge in [0.05, 0.1) is 0 Å². The molecule has 2 aromatic rings. The van der Waals surface area contributed by atoms with Gasteiger partial charge in [0, 0.05) is 0 Å². The number of rotatable bonds is 5. The molecule has 1 N–H and O–H groups in total. The van der Waals surface area contributed by atoms with Crippen LogP contribution < -0.4 is 0 Å².